The largest absolute Gasteiger partial charge is 0.444 e. The number of aliphatic hydroxyl groups is 1. The number of ether oxygens (including phenoxy) is 1. The molecule has 4 nitrogen and oxygen atoms in total. The Morgan fingerprint density at radius 3 is 2.63 bits per heavy atom. The number of carbonyl (C=O) groups excluding carboxylic acids is 1. The second-order valence-corrected chi connectivity index (χ2v) is 8.03. The minimum Gasteiger partial charge on any atom is -0.444 e. The highest BCUT2D eigenvalue weighted by molar-refractivity contribution is 7.99. The summed E-state index contributed by atoms with van der Waals surface area (Å²) < 4.78 is 5.35. The Labute approximate surface area is 120 Å². The molecule has 0 radical (unpaired) electrons. The van der Waals surface area contributed by atoms with E-state index in [0.717, 1.165) is 12.2 Å². The van der Waals surface area contributed by atoms with Gasteiger partial charge in [-0.05, 0) is 32.4 Å². The molecule has 0 aliphatic carbocycles. The van der Waals surface area contributed by atoms with E-state index in [1.807, 2.05) is 20.8 Å². The monoisotopic (exact) mass is 289 g/mol. The quantitative estimate of drug-likeness (QED) is 0.864. The maximum absolute atomic E-state index is 11.9. The molecule has 0 bridgehead atoms. The summed E-state index contributed by atoms with van der Waals surface area (Å²) in [6, 6.07) is 0. The maximum atomic E-state index is 11.9. The Morgan fingerprint density at radius 2 is 2.11 bits per heavy atom. The van der Waals surface area contributed by atoms with E-state index in [1.165, 1.54) is 0 Å². The van der Waals surface area contributed by atoms with E-state index in [4.69, 9.17) is 4.74 Å². The molecule has 1 unspecified atom stereocenters. The summed E-state index contributed by atoms with van der Waals surface area (Å²) in [4.78, 5) is 13.6. The molecule has 1 saturated heterocycles. The molecule has 19 heavy (non-hydrogen) atoms. The lowest BCUT2D eigenvalue weighted by molar-refractivity contribution is 0.0274. The van der Waals surface area contributed by atoms with Gasteiger partial charge in [0.05, 0.1) is 6.10 Å². The van der Waals surface area contributed by atoms with E-state index >= 15 is 0 Å². The molecule has 0 aromatic rings. The van der Waals surface area contributed by atoms with Crippen LogP contribution in [0.2, 0.25) is 0 Å². The van der Waals surface area contributed by atoms with Crippen molar-refractivity contribution >= 4 is 17.9 Å². The van der Waals surface area contributed by atoms with Crippen molar-refractivity contribution in [3.63, 3.8) is 0 Å². The Morgan fingerprint density at radius 1 is 1.47 bits per heavy atom. The summed E-state index contributed by atoms with van der Waals surface area (Å²) in [6.07, 6.45) is 0.262. The summed E-state index contributed by atoms with van der Waals surface area (Å²) >= 11 is 1.76. The first-order valence-electron chi connectivity index (χ1n) is 6.96. The van der Waals surface area contributed by atoms with Gasteiger partial charge in [-0.15, -0.1) is 0 Å². The van der Waals surface area contributed by atoms with Crippen molar-refractivity contribution < 1.29 is 14.6 Å². The van der Waals surface area contributed by atoms with Crippen LogP contribution >= 0.6 is 11.8 Å². The number of carbonyl (C=O) groups is 1. The fourth-order valence-electron chi connectivity index (χ4n) is 2.02. The third-order valence-corrected chi connectivity index (χ3v) is 4.22. The van der Waals surface area contributed by atoms with Gasteiger partial charge in [0.1, 0.15) is 5.60 Å². The molecule has 112 valence electrons. The van der Waals surface area contributed by atoms with Gasteiger partial charge < -0.3 is 14.7 Å². The Hall–Kier alpha value is -0.420. The first kappa shape index (κ1) is 16.6. The molecule has 0 aromatic carbocycles. The molecule has 1 heterocycles. The van der Waals surface area contributed by atoms with E-state index < -0.39 is 5.60 Å². The molecule has 5 heteroatoms. The van der Waals surface area contributed by atoms with Crippen LogP contribution in [0, 0.1) is 5.92 Å². The average molecular weight is 289 g/mol. The van der Waals surface area contributed by atoms with Crippen LogP contribution in [0.1, 0.15) is 41.0 Å². The number of rotatable bonds is 4. The lowest BCUT2D eigenvalue weighted by Crippen LogP contribution is -2.36. The van der Waals surface area contributed by atoms with E-state index in [-0.39, 0.29) is 18.1 Å². The molecular formula is C14H27NO3S. The predicted octanol–water partition coefficient (Wildman–Crippen LogP) is 2.75. The summed E-state index contributed by atoms with van der Waals surface area (Å²) in [5.74, 6) is 0.920. The van der Waals surface area contributed by atoms with E-state index in [9.17, 15) is 9.90 Å². The summed E-state index contributed by atoms with van der Waals surface area (Å²) in [7, 11) is 0. The highest BCUT2D eigenvalue weighted by Gasteiger charge is 2.33. The topological polar surface area (TPSA) is 49.8 Å². The van der Waals surface area contributed by atoms with E-state index in [2.05, 4.69) is 13.8 Å². The van der Waals surface area contributed by atoms with Crippen LogP contribution in [0.15, 0.2) is 0 Å². The molecule has 1 fully saturated rings. The lowest BCUT2D eigenvalue weighted by Gasteiger charge is -2.25. The normalized spacial score (nSPS) is 21.8. The van der Waals surface area contributed by atoms with Gasteiger partial charge in [0.15, 0.2) is 0 Å². The van der Waals surface area contributed by atoms with E-state index in [0.29, 0.717) is 18.3 Å². The zero-order chi connectivity index (χ0) is 14.6. The minimum atomic E-state index is -0.457. The highest BCUT2D eigenvalue weighted by Crippen LogP contribution is 2.24. The van der Waals surface area contributed by atoms with Gasteiger partial charge in [-0.25, -0.2) is 4.79 Å². The second kappa shape index (κ2) is 6.84. The zero-order valence-corrected chi connectivity index (χ0v) is 13.5. The van der Waals surface area contributed by atoms with Crippen molar-refractivity contribution in [3.8, 4) is 0 Å². The van der Waals surface area contributed by atoms with Crippen LogP contribution in [-0.2, 0) is 4.74 Å². The fraction of sp³-hybridized carbons (Fsp3) is 0.929. The average Bonchev–Trinajstić information content (AvgIpc) is 2.72. The standard InChI is InChI=1S/C14H27NO3S/c1-10(2)19-9-12(16)11-6-7-15(8-11)13(17)18-14(3,4)5/h10-12,16H,6-9H2,1-5H3/t11?,12-/m0/s1. The van der Waals surface area contributed by atoms with Crippen molar-refractivity contribution in [2.75, 3.05) is 18.8 Å². The molecule has 0 aromatic heterocycles. The van der Waals surface area contributed by atoms with Gasteiger partial charge in [0, 0.05) is 24.8 Å². The maximum Gasteiger partial charge on any atom is 0.410 e. The van der Waals surface area contributed by atoms with Crippen LogP contribution in [0.4, 0.5) is 4.79 Å². The second-order valence-electron chi connectivity index (χ2n) is 6.42. The van der Waals surface area contributed by atoms with Crippen molar-refractivity contribution in [1.82, 2.24) is 4.90 Å². The third kappa shape index (κ3) is 6.04. The van der Waals surface area contributed by atoms with Crippen LogP contribution < -0.4 is 0 Å². The molecule has 1 N–H and O–H groups in total. The molecule has 0 saturated carbocycles. The zero-order valence-electron chi connectivity index (χ0n) is 12.7. The smallest absolute Gasteiger partial charge is 0.410 e. The molecular weight excluding hydrogens is 262 g/mol. The van der Waals surface area contributed by atoms with Gasteiger partial charge in [-0.1, -0.05) is 13.8 Å². The first-order chi connectivity index (χ1) is 8.69. The predicted molar refractivity (Wildman–Crippen MR) is 79.5 cm³/mol. The van der Waals surface area contributed by atoms with Gasteiger partial charge in [0.25, 0.3) is 0 Å². The summed E-state index contributed by atoms with van der Waals surface area (Å²) in [5.41, 5.74) is -0.457. The lowest BCUT2D eigenvalue weighted by atomic mass is 10.0. The van der Waals surface area contributed by atoms with Crippen LogP contribution in [-0.4, -0.2) is 51.9 Å². The van der Waals surface area contributed by atoms with Crippen molar-refractivity contribution in [1.29, 1.82) is 0 Å². The van der Waals surface area contributed by atoms with Crippen LogP contribution in [0.3, 0.4) is 0 Å². The molecule has 1 aliphatic rings. The molecule has 0 spiro atoms. The number of nitrogens with zero attached hydrogens (tertiary/aromatic N) is 1. The number of amides is 1. The Balaban J connectivity index is 2.38. The van der Waals surface area contributed by atoms with Gasteiger partial charge in [-0.3, -0.25) is 0 Å². The number of hydrogen-bond acceptors (Lipinski definition) is 4. The Kier molecular flexibility index (Phi) is 5.99. The number of aliphatic hydroxyl groups excluding tert-OH is 1. The molecule has 1 amide bonds. The fourth-order valence-corrected chi connectivity index (χ4v) is 2.88. The SMILES string of the molecule is CC(C)SC[C@H](O)C1CCN(C(=O)OC(C)(C)C)C1. The number of likely N-dealkylation sites (tertiary alicyclic amines) is 1. The minimum absolute atomic E-state index is 0.179. The number of hydrogen-bond donors (Lipinski definition) is 1. The van der Waals surface area contributed by atoms with Gasteiger partial charge in [0.2, 0.25) is 0 Å². The summed E-state index contributed by atoms with van der Waals surface area (Å²) in [6.45, 7) is 11.1. The van der Waals surface area contributed by atoms with Crippen LogP contribution in [0.25, 0.3) is 0 Å². The summed E-state index contributed by atoms with van der Waals surface area (Å²) in [5, 5.41) is 10.7. The van der Waals surface area contributed by atoms with Crippen molar-refractivity contribution in [3.05, 3.63) is 0 Å². The van der Waals surface area contributed by atoms with Gasteiger partial charge in [-0.2, -0.15) is 11.8 Å². The molecule has 2 atom stereocenters. The van der Waals surface area contributed by atoms with Crippen molar-refractivity contribution in [2.24, 2.45) is 5.92 Å². The molecule has 1 rings (SSSR count). The van der Waals surface area contributed by atoms with Crippen molar-refractivity contribution in [2.45, 2.75) is 58.0 Å². The highest BCUT2D eigenvalue weighted by atomic mass is 32.2. The number of thioether (sulfide) groups is 1. The molecule has 1 aliphatic heterocycles. The van der Waals surface area contributed by atoms with Crippen LogP contribution in [0.5, 0.6) is 0 Å². The van der Waals surface area contributed by atoms with E-state index in [1.54, 1.807) is 16.7 Å². The third-order valence-electron chi connectivity index (χ3n) is 3.02. The van der Waals surface area contributed by atoms with Gasteiger partial charge >= 0.3 is 6.09 Å². The first-order valence-corrected chi connectivity index (χ1v) is 8.01. The Bertz CT molecular complexity index is 302.